The van der Waals surface area contributed by atoms with Crippen LogP contribution in [0, 0.1) is 27.2 Å². The molecule has 0 unspecified atom stereocenters. The summed E-state index contributed by atoms with van der Waals surface area (Å²) in [6, 6.07) is 7.82. The van der Waals surface area contributed by atoms with Crippen LogP contribution >= 0.6 is 11.6 Å². The number of rotatable bonds is 4. The highest BCUT2D eigenvalue weighted by Gasteiger charge is 2.19. The van der Waals surface area contributed by atoms with Gasteiger partial charge in [-0.3, -0.25) is 25.0 Å². The van der Waals surface area contributed by atoms with Crippen molar-refractivity contribution in [3.63, 3.8) is 0 Å². The predicted octanol–water partition coefficient (Wildman–Crippen LogP) is 3.72. The summed E-state index contributed by atoms with van der Waals surface area (Å²) in [6.07, 6.45) is 0. The molecular weight excluding hydrogens is 326 g/mol. The lowest BCUT2D eigenvalue weighted by Crippen LogP contribution is -2.13. The number of halogens is 1. The Morgan fingerprint density at radius 3 is 2.26 bits per heavy atom. The van der Waals surface area contributed by atoms with E-state index in [0.29, 0.717) is 5.56 Å². The molecule has 1 amide bonds. The standard InChI is InChI=1S/C14H10ClN3O5/c1-8-2-4-11(13(6-8)18(22)23)16-14(19)9-3-5-12(17(20)21)10(15)7-9/h2-7H,1H3,(H,16,19). The Kier molecular flexibility index (Phi) is 4.56. The fourth-order valence-electron chi connectivity index (χ4n) is 1.89. The smallest absolute Gasteiger partial charge is 0.293 e. The fourth-order valence-corrected chi connectivity index (χ4v) is 2.14. The van der Waals surface area contributed by atoms with Crippen LogP contribution in [0.5, 0.6) is 0 Å². The van der Waals surface area contributed by atoms with E-state index in [1.807, 2.05) is 0 Å². The summed E-state index contributed by atoms with van der Waals surface area (Å²) < 4.78 is 0. The summed E-state index contributed by atoms with van der Waals surface area (Å²) in [4.78, 5) is 32.6. The second kappa shape index (κ2) is 6.41. The van der Waals surface area contributed by atoms with Crippen molar-refractivity contribution in [1.29, 1.82) is 0 Å². The first kappa shape index (κ1) is 16.4. The van der Waals surface area contributed by atoms with Crippen molar-refractivity contribution in [3.05, 3.63) is 72.8 Å². The third-order valence-corrected chi connectivity index (χ3v) is 3.31. The number of nitro benzene ring substituents is 2. The lowest BCUT2D eigenvalue weighted by atomic mass is 10.1. The molecule has 0 radical (unpaired) electrons. The van der Waals surface area contributed by atoms with Crippen LogP contribution in [0.4, 0.5) is 17.1 Å². The van der Waals surface area contributed by atoms with Crippen LogP contribution in [0.15, 0.2) is 36.4 Å². The molecule has 0 aliphatic carbocycles. The van der Waals surface area contributed by atoms with Gasteiger partial charge in [-0.25, -0.2) is 0 Å². The first-order chi connectivity index (χ1) is 10.8. The molecule has 118 valence electrons. The van der Waals surface area contributed by atoms with E-state index in [1.54, 1.807) is 13.0 Å². The summed E-state index contributed by atoms with van der Waals surface area (Å²) >= 11 is 5.74. The van der Waals surface area contributed by atoms with E-state index in [0.717, 1.165) is 12.1 Å². The number of nitrogens with one attached hydrogen (secondary N) is 1. The number of carbonyl (C=O) groups is 1. The molecule has 1 N–H and O–H groups in total. The van der Waals surface area contributed by atoms with Gasteiger partial charge in [0.1, 0.15) is 10.7 Å². The Hall–Kier alpha value is -3.00. The maximum Gasteiger partial charge on any atom is 0.293 e. The van der Waals surface area contributed by atoms with Gasteiger partial charge in [-0.05, 0) is 30.7 Å². The molecule has 0 aliphatic heterocycles. The van der Waals surface area contributed by atoms with Gasteiger partial charge in [-0.15, -0.1) is 0 Å². The van der Waals surface area contributed by atoms with Gasteiger partial charge >= 0.3 is 0 Å². The van der Waals surface area contributed by atoms with Crippen LogP contribution in [0.3, 0.4) is 0 Å². The quantitative estimate of drug-likeness (QED) is 0.675. The molecule has 0 aromatic heterocycles. The van der Waals surface area contributed by atoms with Gasteiger partial charge in [0.2, 0.25) is 0 Å². The van der Waals surface area contributed by atoms with Gasteiger partial charge in [-0.1, -0.05) is 17.7 Å². The number of anilines is 1. The maximum absolute atomic E-state index is 12.1. The minimum absolute atomic E-state index is 0.0278. The van der Waals surface area contributed by atoms with Crippen LogP contribution in [0.25, 0.3) is 0 Å². The zero-order valence-corrected chi connectivity index (χ0v) is 12.5. The molecule has 0 saturated carbocycles. The Morgan fingerprint density at radius 1 is 1.04 bits per heavy atom. The van der Waals surface area contributed by atoms with E-state index in [-0.39, 0.29) is 27.6 Å². The van der Waals surface area contributed by atoms with E-state index in [2.05, 4.69) is 5.32 Å². The van der Waals surface area contributed by atoms with Crippen LogP contribution < -0.4 is 5.32 Å². The number of hydrogen-bond donors (Lipinski definition) is 1. The number of amides is 1. The largest absolute Gasteiger partial charge is 0.316 e. The summed E-state index contributed by atoms with van der Waals surface area (Å²) in [5, 5.41) is 23.9. The van der Waals surface area contributed by atoms with Crippen LogP contribution in [0.1, 0.15) is 15.9 Å². The summed E-state index contributed by atoms with van der Waals surface area (Å²) in [5.41, 5.74) is 0.180. The Labute approximate surface area is 135 Å². The minimum atomic E-state index is -0.672. The third kappa shape index (κ3) is 3.61. The van der Waals surface area contributed by atoms with Gasteiger partial charge in [-0.2, -0.15) is 0 Å². The second-order valence-corrected chi connectivity index (χ2v) is 5.06. The van der Waals surface area contributed by atoms with E-state index in [4.69, 9.17) is 11.6 Å². The molecule has 0 saturated heterocycles. The molecule has 23 heavy (non-hydrogen) atoms. The average Bonchev–Trinajstić information content (AvgIpc) is 2.48. The van der Waals surface area contributed by atoms with Crippen LogP contribution in [-0.4, -0.2) is 15.8 Å². The Balaban J connectivity index is 2.31. The second-order valence-electron chi connectivity index (χ2n) is 4.66. The van der Waals surface area contributed by atoms with Crippen molar-refractivity contribution in [2.75, 3.05) is 5.32 Å². The highest BCUT2D eigenvalue weighted by molar-refractivity contribution is 6.33. The molecule has 0 aliphatic rings. The van der Waals surface area contributed by atoms with E-state index in [9.17, 15) is 25.0 Å². The van der Waals surface area contributed by atoms with Gasteiger partial charge in [0.15, 0.2) is 0 Å². The van der Waals surface area contributed by atoms with E-state index in [1.165, 1.54) is 18.2 Å². The normalized spacial score (nSPS) is 10.2. The number of hydrogen-bond acceptors (Lipinski definition) is 5. The van der Waals surface area contributed by atoms with E-state index < -0.39 is 15.8 Å². The molecular formula is C14H10ClN3O5. The molecule has 0 spiro atoms. The van der Waals surface area contributed by atoms with Crippen molar-refractivity contribution in [2.45, 2.75) is 6.92 Å². The molecule has 2 rings (SSSR count). The Morgan fingerprint density at radius 2 is 1.70 bits per heavy atom. The van der Waals surface area contributed by atoms with Gasteiger partial charge in [0.25, 0.3) is 17.3 Å². The van der Waals surface area contributed by atoms with Gasteiger partial charge in [0, 0.05) is 17.7 Å². The predicted molar refractivity (Wildman–Crippen MR) is 83.9 cm³/mol. The molecule has 0 fully saturated rings. The highest BCUT2D eigenvalue weighted by atomic mass is 35.5. The zero-order valence-electron chi connectivity index (χ0n) is 11.8. The van der Waals surface area contributed by atoms with E-state index >= 15 is 0 Å². The number of aryl methyl sites for hydroxylation is 1. The van der Waals surface area contributed by atoms with Crippen molar-refractivity contribution in [1.82, 2.24) is 0 Å². The van der Waals surface area contributed by atoms with Crippen molar-refractivity contribution >= 4 is 34.6 Å². The summed E-state index contributed by atoms with van der Waals surface area (Å²) in [6.45, 7) is 1.69. The monoisotopic (exact) mass is 335 g/mol. The lowest BCUT2D eigenvalue weighted by Gasteiger charge is -2.07. The lowest BCUT2D eigenvalue weighted by molar-refractivity contribution is -0.384. The highest BCUT2D eigenvalue weighted by Crippen LogP contribution is 2.28. The Bertz CT molecular complexity index is 822. The topological polar surface area (TPSA) is 115 Å². The molecule has 2 aromatic carbocycles. The molecule has 2 aromatic rings. The zero-order chi connectivity index (χ0) is 17.1. The van der Waals surface area contributed by atoms with Crippen LogP contribution in [-0.2, 0) is 0 Å². The van der Waals surface area contributed by atoms with Crippen molar-refractivity contribution in [2.24, 2.45) is 0 Å². The van der Waals surface area contributed by atoms with Gasteiger partial charge in [0.05, 0.1) is 9.85 Å². The fraction of sp³-hybridized carbons (Fsp3) is 0.0714. The maximum atomic E-state index is 12.1. The first-order valence-electron chi connectivity index (χ1n) is 6.30. The number of nitrogens with zero attached hydrogens (tertiary/aromatic N) is 2. The SMILES string of the molecule is Cc1ccc(NC(=O)c2ccc([N+](=O)[O-])c(Cl)c2)c([N+](=O)[O-])c1. The van der Waals surface area contributed by atoms with Gasteiger partial charge < -0.3 is 5.32 Å². The molecule has 0 atom stereocenters. The summed E-state index contributed by atoms with van der Waals surface area (Å²) in [5.74, 6) is -0.659. The minimum Gasteiger partial charge on any atom is -0.316 e. The summed E-state index contributed by atoms with van der Waals surface area (Å²) in [7, 11) is 0. The molecule has 9 heteroatoms. The molecule has 0 heterocycles. The van der Waals surface area contributed by atoms with Crippen molar-refractivity contribution < 1.29 is 14.6 Å². The average molecular weight is 336 g/mol. The van der Waals surface area contributed by atoms with Crippen LogP contribution in [0.2, 0.25) is 5.02 Å². The number of nitro groups is 2. The first-order valence-corrected chi connectivity index (χ1v) is 6.67. The molecule has 8 nitrogen and oxygen atoms in total. The number of benzene rings is 2. The molecule has 0 bridgehead atoms. The van der Waals surface area contributed by atoms with Crippen molar-refractivity contribution in [3.8, 4) is 0 Å². The number of carbonyl (C=O) groups excluding carboxylic acids is 1. The third-order valence-electron chi connectivity index (χ3n) is 3.00.